The summed E-state index contributed by atoms with van der Waals surface area (Å²) >= 11 is 0. The second-order valence-corrected chi connectivity index (χ2v) is 7.84. The van der Waals surface area contributed by atoms with Crippen LogP contribution >= 0.6 is 0 Å². The highest BCUT2D eigenvalue weighted by Gasteiger charge is 2.44. The van der Waals surface area contributed by atoms with E-state index < -0.39 is 10.1 Å². The first-order valence-corrected chi connectivity index (χ1v) is 10.0. The molecule has 24 heavy (non-hydrogen) atoms. The Morgan fingerprint density at radius 2 is 1.54 bits per heavy atom. The van der Waals surface area contributed by atoms with Gasteiger partial charge in [0.05, 0.1) is 12.3 Å². The highest BCUT2D eigenvalue weighted by atomic mass is 32.2. The van der Waals surface area contributed by atoms with Gasteiger partial charge >= 0.3 is 0 Å². The summed E-state index contributed by atoms with van der Waals surface area (Å²) in [4.78, 5) is 2.33. The Hall–Kier alpha value is -1.69. The maximum atomic E-state index is 11.5. The monoisotopic (exact) mass is 345 g/mol. The Morgan fingerprint density at radius 1 is 1.04 bits per heavy atom. The van der Waals surface area contributed by atoms with Crippen molar-refractivity contribution < 1.29 is 12.6 Å². The van der Waals surface area contributed by atoms with Crippen molar-refractivity contribution in [2.45, 2.75) is 31.5 Å². The summed E-state index contributed by atoms with van der Waals surface area (Å²) in [5.74, 6) is 0. The van der Waals surface area contributed by atoms with Gasteiger partial charge in [0, 0.05) is 12.6 Å². The Morgan fingerprint density at radius 3 is 1.96 bits per heavy atom. The van der Waals surface area contributed by atoms with Gasteiger partial charge < -0.3 is 0 Å². The average molecular weight is 345 g/mol. The number of hydrogen-bond acceptors (Lipinski definition) is 4. The smallest absolute Gasteiger partial charge is 0.264 e. The van der Waals surface area contributed by atoms with Crippen LogP contribution in [0.2, 0.25) is 0 Å². The lowest BCUT2D eigenvalue weighted by atomic mass is 9.88. The SMILES string of the molecule is CCC1C(OS(C)(=O)=O)CN1C(c1ccccc1)c1ccccc1. The molecule has 0 bridgehead atoms. The zero-order valence-corrected chi connectivity index (χ0v) is 14.8. The molecule has 3 rings (SSSR count). The molecular weight excluding hydrogens is 322 g/mol. The number of likely N-dealkylation sites (tertiary alicyclic amines) is 1. The van der Waals surface area contributed by atoms with Crippen LogP contribution in [0, 0.1) is 0 Å². The van der Waals surface area contributed by atoms with Gasteiger partial charge in [-0.15, -0.1) is 0 Å². The predicted octanol–water partition coefficient (Wildman–Crippen LogP) is 3.22. The van der Waals surface area contributed by atoms with E-state index in [1.54, 1.807) is 0 Å². The molecule has 2 aromatic carbocycles. The molecule has 2 aromatic rings. The standard InChI is InChI=1S/C19H23NO3S/c1-3-17-18(23-24(2,21)22)14-20(17)19(15-10-6-4-7-11-15)16-12-8-5-9-13-16/h4-13,17-19H,3,14H2,1-2H3. The summed E-state index contributed by atoms with van der Waals surface area (Å²) in [7, 11) is -3.43. The summed E-state index contributed by atoms with van der Waals surface area (Å²) in [6, 6.07) is 20.8. The minimum absolute atomic E-state index is 0.0881. The summed E-state index contributed by atoms with van der Waals surface area (Å²) in [6.45, 7) is 2.68. The van der Waals surface area contributed by atoms with Crippen LogP contribution in [0.15, 0.2) is 60.7 Å². The lowest BCUT2D eigenvalue weighted by Crippen LogP contribution is -2.62. The molecule has 1 aliphatic rings. The van der Waals surface area contributed by atoms with Gasteiger partial charge in [0.2, 0.25) is 0 Å². The maximum absolute atomic E-state index is 11.5. The molecule has 2 atom stereocenters. The van der Waals surface area contributed by atoms with Crippen molar-refractivity contribution in [1.82, 2.24) is 4.90 Å². The number of hydrogen-bond donors (Lipinski definition) is 0. The molecule has 1 heterocycles. The minimum atomic E-state index is -3.43. The van der Waals surface area contributed by atoms with E-state index in [4.69, 9.17) is 4.18 Å². The fourth-order valence-corrected chi connectivity index (χ4v) is 4.14. The first-order chi connectivity index (χ1) is 11.5. The van der Waals surface area contributed by atoms with E-state index in [0.717, 1.165) is 12.7 Å². The Balaban J connectivity index is 1.90. The predicted molar refractivity (Wildman–Crippen MR) is 95.2 cm³/mol. The minimum Gasteiger partial charge on any atom is -0.284 e. The fraction of sp³-hybridized carbons (Fsp3) is 0.368. The van der Waals surface area contributed by atoms with E-state index in [1.807, 2.05) is 36.4 Å². The Kier molecular flexibility index (Phi) is 5.04. The summed E-state index contributed by atoms with van der Waals surface area (Å²) in [5, 5.41) is 0. The van der Waals surface area contributed by atoms with Crippen LogP contribution in [0.4, 0.5) is 0 Å². The quantitative estimate of drug-likeness (QED) is 0.754. The molecular formula is C19H23NO3S. The molecule has 1 fully saturated rings. The molecule has 0 radical (unpaired) electrons. The molecule has 2 unspecified atom stereocenters. The fourth-order valence-electron chi connectivity index (χ4n) is 3.50. The normalized spacial score (nSPS) is 21.6. The molecule has 0 aliphatic carbocycles. The molecule has 0 spiro atoms. The summed E-state index contributed by atoms with van der Waals surface area (Å²) in [5.41, 5.74) is 2.42. The van der Waals surface area contributed by atoms with Crippen LogP contribution < -0.4 is 0 Å². The largest absolute Gasteiger partial charge is 0.284 e. The number of benzene rings is 2. The molecule has 0 amide bonds. The van der Waals surface area contributed by atoms with E-state index in [-0.39, 0.29) is 18.2 Å². The zero-order chi connectivity index (χ0) is 17.2. The van der Waals surface area contributed by atoms with Crippen LogP contribution in [-0.2, 0) is 14.3 Å². The van der Waals surface area contributed by atoms with Crippen molar-refractivity contribution in [3.8, 4) is 0 Å². The van der Waals surface area contributed by atoms with Crippen molar-refractivity contribution in [2.75, 3.05) is 12.8 Å². The Bertz CT molecular complexity index is 722. The van der Waals surface area contributed by atoms with Crippen molar-refractivity contribution >= 4 is 10.1 Å². The van der Waals surface area contributed by atoms with E-state index >= 15 is 0 Å². The number of nitrogens with zero attached hydrogens (tertiary/aromatic N) is 1. The maximum Gasteiger partial charge on any atom is 0.264 e. The third-order valence-electron chi connectivity index (χ3n) is 4.52. The van der Waals surface area contributed by atoms with Crippen LogP contribution in [0.5, 0.6) is 0 Å². The van der Waals surface area contributed by atoms with Crippen LogP contribution in [0.3, 0.4) is 0 Å². The molecule has 0 aromatic heterocycles. The third kappa shape index (κ3) is 3.69. The van der Waals surface area contributed by atoms with Gasteiger partial charge in [-0.25, -0.2) is 0 Å². The first kappa shape index (κ1) is 17.1. The topological polar surface area (TPSA) is 46.6 Å². The summed E-state index contributed by atoms with van der Waals surface area (Å²) in [6.07, 6.45) is 1.70. The van der Waals surface area contributed by atoms with Crippen molar-refractivity contribution in [3.63, 3.8) is 0 Å². The Labute approximate surface area is 144 Å². The van der Waals surface area contributed by atoms with Crippen LogP contribution in [-0.4, -0.2) is 38.3 Å². The van der Waals surface area contributed by atoms with Gasteiger partial charge in [0.25, 0.3) is 10.1 Å². The van der Waals surface area contributed by atoms with Gasteiger partial charge in [-0.1, -0.05) is 67.6 Å². The molecule has 0 saturated carbocycles. The molecule has 1 aliphatic heterocycles. The van der Waals surface area contributed by atoms with Gasteiger partial charge in [0.1, 0.15) is 6.10 Å². The molecule has 1 saturated heterocycles. The lowest BCUT2D eigenvalue weighted by molar-refractivity contribution is -0.0616. The second kappa shape index (κ2) is 7.05. The van der Waals surface area contributed by atoms with E-state index in [2.05, 4.69) is 36.1 Å². The molecule has 5 heteroatoms. The van der Waals surface area contributed by atoms with E-state index in [9.17, 15) is 8.42 Å². The van der Waals surface area contributed by atoms with Crippen molar-refractivity contribution in [3.05, 3.63) is 71.8 Å². The highest BCUT2D eigenvalue weighted by molar-refractivity contribution is 7.86. The summed E-state index contributed by atoms with van der Waals surface area (Å²) < 4.78 is 28.2. The highest BCUT2D eigenvalue weighted by Crippen LogP contribution is 2.38. The third-order valence-corrected chi connectivity index (χ3v) is 5.12. The molecule has 4 nitrogen and oxygen atoms in total. The van der Waals surface area contributed by atoms with Crippen molar-refractivity contribution in [2.24, 2.45) is 0 Å². The second-order valence-electron chi connectivity index (χ2n) is 6.24. The van der Waals surface area contributed by atoms with E-state index in [0.29, 0.717) is 6.54 Å². The lowest BCUT2D eigenvalue weighted by Gasteiger charge is -2.51. The van der Waals surface area contributed by atoms with E-state index in [1.165, 1.54) is 11.1 Å². The van der Waals surface area contributed by atoms with Gasteiger partial charge in [-0.3, -0.25) is 9.08 Å². The molecule has 128 valence electrons. The van der Waals surface area contributed by atoms with Gasteiger partial charge in [-0.05, 0) is 17.5 Å². The molecule has 0 N–H and O–H groups in total. The van der Waals surface area contributed by atoms with Crippen molar-refractivity contribution in [1.29, 1.82) is 0 Å². The van der Waals surface area contributed by atoms with Crippen LogP contribution in [0.25, 0.3) is 0 Å². The zero-order valence-electron chi connectivity index (χ0n) is 14.0. The average Bonchev–Trinajstić information content (AvgIpc) is 2.55. The van der Waals surface area contributed by atoms with Crippen LogP contribution in [0.1, 0.15) is 30.5 Å². The number of rotatable bonds is 6. The van der Waals surface area contributed by atoms with Gasteiger partial charge in [-0.2, -0.15) is 8.42 Å². The first-order valence-electron chi connectivity index (χ1n) is 8.23. The van der Waals surface area contributed by atoms with Gasteiger partial charge in [0.15, 0.2) is 0 Å².